The summed E-state index contributed by atoms with van der Waals surface area (Å²) in [6.45, 7) is 5.00. The van der Waals surface area contributed by atoms with Gasteiger partial charge in [0.2, 0.25) is 0 Å². The number of fused-ring (bicyclic) bond motifs is 1. The van der Waals surface area contributed by atoms with Gasteiger partial charge in [0.25, 0.3) is 5.78 Å². The van der Waals surface area contributed by atoms with Gasteiger partial charge in [-0.3, -0.25) is 4.90 Å². The lowest BCUT2D eigenvalue weighted by atomic mass is 10.2. The summed E-state index contributed by atoms with van der Waals surface area (Å²) < 4.78 is 1.70. The van der Waals surface area contributed by atoms with Gasteiger partial charge in [-0.2, -0.15) is 19.6 Å². The van der Waals surface area contributed by atoms with Crippen molar-refractivity contribution < 1.29 is 0 Å². The maximum Gasteiger partial charge on any atom is 0.255 e. The van der Waals surface area contributed by atoms with Crippen molar-refractivity contribution in [3.05, 3.63) is 17.0 Å². The van der Waals surface area contributed by atoms with Gasteiger partial charge in [0.1, 0.15) is 17.3 Å². The molecule has 2 aromatic heterocycles. The minimum absolute atomic E-state index is 0.451. The maximum atomic E-state index is 6.15. The molecule has 1 atom stereocenters. The zero-order chi connectivity index (χ0) is 14.3. The Morgan fingerprint density at radius 1 is 1.55 bits per heavy atom. The van der Waals surface area contributed by atoms with E-state index in [1.165, 1.54) is 19.2 Å². The first-order valence-electron chi connectivity index (χ1n) is 6.89. The van der Waals surface area contributed by atoms with Crippen molar-refractivity contribution in [1.82, 2.24) is 24.5 Å². The van der Waals surface area contributed by atoms with Crippen LogP contribution in [0.5, 0.6) is 0 Å². The lowest BCUT2D eigenvalue weighted by Gasteiger charge is -2.25. The van der Waals surface area contributed by atoms with Gasteiger partial charge in [-0.1, -0.05) is 11.6 Å². The van der Waals surface area contributed by atoms with Crippen LogP contribution in [0.4, 0.5) is 5.82 Å². The van der Waals surface area contributed by atoms with Gasteiger partial charge in [0.15, 0.2) is 0 Å². The molecule has 0 radical (unpaired) electrons. The van der Waals surface area contributed by atoms with E-state index in [9.17, 15) is 0 Å². The predicted molar refractivity (Wildman–Crippen MR) is 79.3 cm³/mol. The Hall–Kier alpha value is -1.40. The van der Waals surface area contributed by atoms with E-state index in [2.05, 4.69) is 39.3 Å². The van der Waals surface area contributed by atoms with Crippen LogP contribution in [0.3, 0.4) is 0 Å². The van der Waals surface area contributed by atoms with Crippen molar-refractivity contribution in [1.29, 1.82) is 0 Å². The maximum absolute atomic E-state index is 6.15. The second-order valence-corrected chi connectivity index (χ2v) is 5.83. The number of halogens is 1. The van der Waals surface area contributed by atoms with Crippen LogP contribution in [0.25, 0.3) is 5.78 Å². The number of nitrogens with zero attached hydrogens (tertiary/aromatic N) is 5. The highest BCUT2D eigenvalue weighted by molar-refractivity contribution is 6.30. The van der Waals surface area contributed by atoms with Crippen LogP contribution in [-0.4, -0.2) is 50.2 Å². The van der Waals surface area contributed by atoms with Gasteiger partial charge in [0.05, 0.1) is 0 Å². The molecule has 20 heavy (non-hydrogen) atoms. The summed E-state index contributed by atoms with van der Waals surface area (Å²) in [7, 11) is 2.18. The van der Waals surface area contributed by atoms with E-state index >= 15 is 0 Å². The SMILES string of the molecule is Cc1c(Cl)nc2ncnn2c1NCC(C)N(C)C1CC1. The summed E-state index contributed by atoms with van der Waals surface area (Å²) in [4.78, 5) is 10.7. The Morgan fingerprint density at radius 2 is 2.30 bits per heavy atom. The largest absolute Gasteiger partial charge is 0.368 e. The van der Waals surface area contributed by atoms with Crippen molar-refractivity contribution in [2.75, 3.05) is 18.9 Å². The van der Waals surface area contributed by atoms with E-state index in [0.29, 0.717) is 17.0 Å². The van der Waals surface area contributed by atoms with Gasteiger partial charge >= 0.3 is 0 Å². The zero-order valence-electron chi connectivity index (χ0n) is 12.0. The number of hydrogen-bond acceptors (Lipinski definition) is 5. The highest BCUT2D eigenvalue weighted by Crippen LogP contribution is 2.27. The summed E-state index contributed by atoms with van der Waals surface area (Å²) in [5.41, 5.74) is 0.894. The van der Waals surface area contributed by atoms with Crippen molar-refractivity contribution in [3.8, 4) is 0 Å². The number of hydrogen-bond donors (Lipinski definition) is 1. The average molecular weight is 295 g/mol. The lowest BCUT2D eigenvalue weighted by Crippen LogP contribution is -2.36. The number of anilines is 1. The van der Waals surface area contributed by atoms with E-state index in [4.69, 9.17) is 11.6 Å². The van der Waals surface area contributed by atoms with E-state index in [-0.39, 0.29) is 0 Å². The summed E-state index contributed by atoms with van der Waals surface area (Å²) >= 11 is 6.15. The quantitative estimate of drug-likeness (QED) is 0.855. The zero-order valence-corrected chi connectivity index (χ0v) is 12.7. The molecular formula is C13H19ClN6. The van der Waals surface area contributed by atoms with Gasteiger partial charge in [-0.15, -0.1) is 0 Å². The third-order valence-corrected chi connectivity index (χ3v) is 4.36. The number of nitrogens with one attached hydrogen (secondary N) is 1. The molecule has 1 N–H and O–H groups in total. The van der Waals surface area contributed by atoms with Crippen molar-refractivity contribution in [2.24, 2.45) is 0 Å². The Labute approximate surface area is 123 Å². The first-order valence-corrected chi connectivity index (χ1v) is 7.27. The number of aromatic nitrogens is 4. The molecule has 1 fully saturated rings. The molecule has 1 aliphatic carbocycles. The summed E-state index contributed by atoms with van der Waals surface area (Å²) in [5, 5.41) is 8.11. The molecule has 0 amide bonds. The standard InChI is InChI=1S/C13H19ClN6/c1-8(19(3)10-4-5-10)6-15-12-9(2)11(14)18-13-16-7-17-20(12)13/h7-8,10,15H,4-6H2,1-3H3. The number of rotatable bonds is 5. The van der Waals surface area contributed by atoms with Gasteiger partial charge < -0.3 is 5.32 Å². The van der Waals surface area contributed by atoms with E-state index in [1.54, 1.807) is 4.52 Å². The van der Waals surface area contributed by atoms with Crippen molar-refractivity contribution >= 4 is 23.2 Å². The molecule has 2 heterocycles. The third-order valence-electron chi connectivity index (χ3n) is 3.99. The molecule has 1 unspecified atom stereocenters. The fourth-order valence-corrected chi connectivity index (χ4v) is 2.50. The second kappa shape index (κ2) is 5.18. The molecule has 0 aliphatic heterocycles. The van der Waals surface area contributed by atoms with Gasteiger partial charge in [-0.05, 0) is 33.7 Å². The molecular weight excluding hydrogens is 276 g/mol. The van der Waals surface area contributed by atoms with Crippen molar-refractivity contribution in [3.63, 3.8) is 0 Å². The lowest BCUT2D eigenvalue weighted by molar-refractivity contribution is 0.257. The fourth-order valence-electron chi connectivity index (χ4n) is 2.34. The molecule has 0 saturated heterocycles. The predicted octanol–water partition coefficient (Wildman–Crippen LogP) is 1.98. The van der Waals surface area contributed by atoms with E-state index < -0.39 is 0 Å². The third kappa shape index (κ3) is 2.45. The minimum atomic E-state index is 0.451. The molecule has 108 valence electrons. The topological polar surface area (TPSA) is 58.4 Å². The monoisotopic (exact) mass is 294 g/mol. The fraction of sp³-hybridized carbons (Fsp3) is 0.615. The average Bonchev–Trinajstić information content (AvgIpc) is 3.18. The Morgan fingerprint density at radius 3 is 3.00 bits per heavy atom. The highest BCUT2D eigenvalue weighted by Gasteiger charge is 2.29. The van der Waals surface area contributed by atoms with Crippen LogP contribution in [0.15, 0.2) is 6.33 Å². The highest BCUT2D eigenvalue weighted by atomic mass is 35.5. The van der Waals surface area contributed by atoms with Gasteiger partial charge in [-0.25, -0.2) is 0 Å². The smallest absolute Gasteiger partial charge is 0.255 e. The van der Waals surface area contributed by atoms with E-state index in [0.717, 1.165) is 24.0 Å². The normalized spacial score (nSPS) is 16.9. The molecule has 3 rings (SSSR count). The van der Waals surface area contributed by atoms with Crippen LogP contribution in [0.2, 0.25) is 5.15 Å². The summed E-state index contributed by atoms with van der Waals surface area (Å²) in [6.07, 6.45) is 4.12. The summed E-state index contributed by atoms with van der Waals surface area (Å²) in [6, 6.07) is 1.20. The molecule has 7 heteroatoms. The molecule has 0 aromatic carbocycles. The Kier molecular flexibility index (Phi) is 3.52. The first kappa shape index (κ1) is 13.6. The molecule has 0 bridgehead atoms. The van der Waals surface area contributed by atoms with E-state index in [1.807, 2.05) is 6.92 Å². The Balaban J connectivity index is 1.79. The second-order valence-electron chi connectivity index (χ2n) is 5.47. The Bertz CT molecular complexity index is 621. The first-order chi connectivity index (χ1) is 9.58. The van der Waals surface area contributed by atoms with Crippen LogP contribution < -0.4 is 5.32 Å². The van der Waals surface area contributed by atoms with Crippen LogP contribution in [0, 0.1) is 6.92 Å². The minimum Gasteiger partial charge on any atom is -0.368 e. The number of likely N-dealkylation sites (N-methyl/N-ethyl adjacent to an activating group) is 1. The molecule has 2 aromatic rings. The molecule has 1 aliphatic rings. The van der Waals surface area contributed by atoms with Gasteiger partial charge in [0, 0.05) is 24.2 Å². The van der Waals surface area contributed by atoms with Crippen LogP contribution in [0.1, 0.15) is 25.3 Å². The van der Waals surface area contributed by atoms with Crippen LogP contribution in [-0.2, 0) is 0 Å². The van der Waals surface area contributed by atoms with Crippen LogP contribution >= 0.6 is 11.6 Å². The van der Waals surface area contributed by atoms with Crippen molar-refractivity contribution in [2.45, 2.75) is 38.8 Å². The molecule has 0 spiro atoms. The molecule has 1 saturated carbocycles. The summed E-state index contributed by atoms with van der Waals surface area (Å²) in [5.74, 6) is 1.39. The molecule has 6 nitrogen and oxygen atoms in total.